The van der Waals surface area contributed by atoms with Crippen LogP contribution in [0.1, 0.15) is 31.2 Å². The van der Waals surface area contributed by atoms with Crippen LogP contribution in [0.5, 0.6) is 0 Å². The van der Waals surface area contributed by atoms with Crippen molar-refractivity contribution in [3.05, 3.63) is 23.9 Å². The molecule has 0 amide bonds. The van der Waals surface area contributed by atoms with Gasteiger partial charge in [0, 0.05) is 45.1 Å². The van der Waals surface area contributed by atoms with E-state index in [1.807, 2.05) is 31.1 Å². The molecule has 5 heteroatoms. The first-order valence-corrected chi connectivity index (χ1v) is 6.60. The van der Waals surface area contributed by atoms with Crippen LogP contribution in [0.4, 0.5) is 14.6 Å². The van der Waals surface area contributed by atoms with Crippen molar-refractivity contribution < 1.29 is 8.78 Å². The fourth-order valence-corrected chi connectivity index (χ4v) is 2.67. The topological polar surface area (TPSA) is 42.1 Å². The zero-order valence-corrected chi connectivity index (χ0v) is 11.5. The number of nitrogens with two attached hydrogens (primary N) is 1. The van der Waals surface area contributed by atoms with Crippen LogP contribution in [0.3, 0.4) is 0 Å². The van der Waals surface area contributed by atoms with E-state index in [4.69, 9.17) is 5.73 Å². The van der Waals surface area contributed by atoms with Gasteiger partial charge >= 0.3 is 0 Å². The molecule has 0 unspecified atom stereocenters. The molecule has 1 heterocycles. The van der Waals surface area contributed by atoms with Crippen molar-refractivity contribution in [3.63, 3.8) is 0 Å². The predicted molar refractivity (Wildman–Crippen MR) is 72.7 cm³/mol. The molecule has 0 atom stereocenters. The quantitative estimate of drug-likeness (QED) is 0.917. The van der Waals surface area contributed by atoms with Crippen LogP contribution in [0, 0.1) is 0 Å². The highest BCUT2D eigenvalue weighted by atomic mass is 19.3. The van der Waals surface area contributed by atoms with Crippen LogP contribution in [0.15, 0.2) is 18.3 Å². The Labute approximate surface area is 112 Å². The Bertz CT molecular complexity index is 419. The summed E-state index contributed by atoms with van der Waals surface area (Å²) in [6, 6.07) is 3.89. The molecule has 2 N–H and O–H groups in total. The van der Waals surface area contributed by atoms with Gasteiger partial charge in [0.1, 0.15) is 5.82 Å². The number of nitrogens with zero attached hydrogens (tertiary/aromatic N) is 2. The van der Waals surface area contributed by atoms with E-state index in [-0.39, 0.29) is 18.3 Å². The molecule has 1 aliphatic carbocycles. The summed E-state index contributed by atoms with van der Waals surface area (Å²) in [6.45, 7) is 0.395. The molecular formula is C14H21F2N3. The first-order chi connectivity index (χ1) is 8.88. The van der Waals surface area contributed by atoms with Gasteiger partial charge < -0.3 is 10.6 Å². The second-order valence-corrected chi connectivity index (χ2v) is 5.64. The summed E-state index contributed by atoms with van der Waals surface area (Å²) in [5.74, 6) is -1.67. The lowest BCUT2D eigenvalue weighted by Crippen LogP contribution is -2.42. The van der Waals surface area contributed by atoms with E-state index in [1.54, 1.807) is 6.20 Å². The minimum absolute atomic E-state index is 0.0837. The molecule has 3 nitrogen and oxygen atoms in total. The minimum atomic E-state index is -2.53. The van der Waals surface area contributed by atoms with Crippen molar-refractivity contribution in [3.8, 4) is 0 Å². The van der Waals surface area contributed by atoms with E-state index >= 15 is 0 Å². The van der Waals surface area contributed by atoms with Crippen LogP contribution in [0.25, 0.3) is 0 Å². The molecular weight excluding hydrogens is 248 g/mol. The van der Waals surface area contributed by atoms with Crippen LogP contribution < -0.4 is 10.6 Å². The standard InChI is InChI=1S/C14H21F2N3/c1-19(2)12-4-3-11(9-18-12)13(10-17)5-7-14(15,16)8-6-13/h3-4,9H,5-8,10,17H2,1-2H3. The van der Waals surface area contributed by atoms with Gasteiger partial charge in [0.05, 0.1) is 0 Å². The van der Waals surface area contributed by atoms with Crippen molar-refractivity contribution in [2.24, 2.45) is 5.73 Å². The van der Waals surface area contributed by atoms with Crippen LogP contribution >= 0.6 is 0 Å². The summed E-state index contributed by atoms with van der Waals surface area (Å²) in [7, 11) is 3.84. The fraction of sp³-hybridized carbons (Fsp3) is 0.643. The lowest BCUT2D eigenvalue weighted by Gasteiger charge is -2.39. The largest absolute Gasteiger partial charge is 0.363 e. The number of pyridine rings is 1. The number of halogens is 2. The van der Waals surface area contributed by atoms with E-state index in [2.05, 4.69) is 4.98 Å². The molecule has 1 aliphatic rings. The summed E-state index contributed by atoms with van der Waals surface area (Å²) >= 11 is 0. The van der Waals surface area contributed by atoms with E-state index in [0.717, 1.165) is 11.4 Å². The van der Waals surface area contributed by atoms with Crippen molar-refractivity contribution in [1.29, 1.82) is 0 Å². The molecule has 1 aromatic heterocycles. The van der Waals surface area contributed by atoms with Gasteiger partial charge in [0.25, 0.3) is 0 Å². The average molecular weight is 269 g/mol. The van der Waals surface area contributed by atoms with Gasteiger partial charge in [-0.2, -0.15) is 0 Å². The van der Waals surface area contributed by atoms with Gasteiger partial charge in [0.2, 0.25) is 5.92 Å². The number of hydrogen-bond donors (Lipinski definition) is 1. The summed E-state index contributed by atoms with van der Waals surface area (Å²) in [5.41, 5.74) is 6.52. The molecule has 106 valence electrons. The van der Waals surface area contributed by atoms with Gasteiger partial charge in [-0.1, -0.05) is 6.07 Å². The highest BCUT2D eigenvalue weighted by Crippen LogP contribution is 2.44. The normalized spacial score (nSPS) is 21.1. The molecule has 2 rings (SSSR count). The average Bonchev–Trinajstić information content (AvgIpc) is 2.40. The minimum Gasteiger partial charge on any atom is -0.363 e. The first kappa shape index (κ1) is 14.2. The molecule has 0 aliphatic heterocycles. The van der Waals surface area contributed by atoms with E-state index < -0.39 is 5.92 Å². The van der Waals surface area contributed by atoms with Gasteiger partial charge in [-0.25, -0.2) is 13.8 Å². The van der Waals surface area contributed by atoms with Gasteiger partial charge in [0.15, 0.2) is 0 Å². The molecule has 0 spiro atoms. The highest BCUT2D eigenvalue weighted by Gasteiger charge is 2.43. The Morgan fingerprint density at radius 2 is 1.84 bits per heavy atom. The molecule has 0 bridgehead atoms. The lowest BCUT2D eigenvalue weighted by atomic mass is 9.69. The number of alkyl halides is 2. The van der Waals surface area contributed by atoms with Crippen molar-refractivity contribution in [2.75, 3.05) is 25.5 Å². The van der Waals surface area contributed by atoms with Gasteiger partial charge in [-0.15, -0.1) is 0 Å². The maximum Gasteiger partial charge on any atom is 0.248 e. The lowest BCUT2D eigenvalue weighted by molar-refractivity contribution is -0.0509. The third-order valence-electron chi connectivity index (χ3n) is 4.15. The molecule has 1 aromatic rings. The number of hydrogen-bond acceptors (Lipinski definition) is 3. The van der Waals surface area contributed by atoms with Gasteiger partial charge in [-0.05, 0) is 24.5 Å². The Balaban J connectivity index is 2.22. The fourth-order valence-electron chi connectivity index (χ4n) is 2.67. The molecule has 1 fully saturated rings. The second-order valence-electron chi connectivity index (χ2n) is 5.64. The summed E-state index contributed by atoms with van der Waals surface area (Å²) < 4.78 is 26.6. The van der Waals surface area contributed by atoms with E-state index in [1.165, 1.54) is 0 Å². The van der Waals surface area contributed by atoms with E-state index in [0.29, 0.717) is 19.4 Å². The van der Waals surface area contributed by atoms with Crippen LogP contribution in [-0.4, -0.2) is 31.5 Å². The Kier molecular flexibility index (Phi) is 3.76. The summed E-state index contributed by atoms with van der Waals surface area (Å²) in [6.07, 6.45) is 2.48. The Morgan fingerprint density at radius 1 is 1.21 bits per heavy atom. The Morgan fingerprint density at radius 3 is 2.26 bits per heavy atom. The summed E-state index contributed by atoms with van der Waals surface area (Å²) in [5, 5.41) is 0. The number of anilines is 1. The highest BCUT2D eigenvalue weighted by molar-refractivity contribution is 5.39. The molecule has 1 saturated carbocycles. The monoisotopic (exact) mass is 269 g/mol. The maximum atomic E-state index is 13.3. The third-order valence-corrected chi connectivity index (χ3v) is 4.15. The zero-order chi connectivity index (χ0) is 14.1. The SMILES string of the molecule is CN(C)c1ccc(C2(CN)CCC(F)(F)CC2)cn1. The van der Waals surface area contributed by atoms with Crippen LogP contribution in [0.2, 0.25) is 0 Å². The smallest absolute Gasteiger partial charge is 0.248 e. The van der Waals surface area contributed by atoms with Gasteiger partial charge in [-0.3, -0.25) is 0 Å². The zero-order valence-electron chi connectivity index (χ0n) is 11.5. The Hall–Kier alpha value is -1.23. The van der Waals surface area contributed by atoms with Crippen molar-refractivity contribution >= 4 is 5.82 Å². The number of rotatable bonds is 3. The van der Waals surface area contributed by atoms with Crippen LogP contribution in [-0.2, 0) is 5.41 Å². The summed E-state index contributed by atoms with van der Waals surface area (Å²) in [4.78, 5) is 6.28. The van der Waals surface area contributed by atoms with Crippen molar-refractivity contribution in [2.45, 2.75) is 37.0 Å². The second kappa shape index (κ2) is 5.04. The first-order valence-electron chi connectivity index (χ1n) is 6.60. The molecule has 19 heavy (non-hydrogen) atoms. The maximum absolute atomic E-state index is 13.3. The molecule has 0 saturated heterocycles. The molecule has 0 aromatic carbocycles. The molecule has 0 radical (unpaired) electrons. The third kappa shape index (κ3) is 2.86. The number of aromatic nitrogens is 1. The van der Waals surface area contributed by atoms with E-state index in [9.17, 15) is 8.78 Å². The predicted octanol–water partition coefficient (Wildman–Crippen LogP) is 2.55. The van der Waals surface area contributed by atoms with Crippen molar-refractivity contribution in [1.82, 2.24) is 4.98 Å².